The minimum absolute atomic E-state index is 0.132. The van der Waals surface area contributed by atoms with Gasteiger partial charge >= 0.3 is 0 Å². The largest absolute Gasteiger partial charge is 0.495 e. The number of ether oxygens (including phenoxy) is 1. The number of benzene rings is 1. The van der Waals surface area contributed by atoms with Crippen LogP contribution in [0.25, 0.3) is 0 Å². The lowest BCUT2D eigenvalue weighted by Gasteiger charge is -2.15. The lowest BCUT2D eigenvalue weighted by molar-refractivity contribution is -0.119. The quantitative estimate of drug-likeness (QED) is 0.917. The maximum atomic E-state index is 12.2. The first-order valence-corrected chi connectivity index (χ1v) is 6.06. The van der Waals surface area contributed by atoms with Gasteiger partial charge in [-0.1, -0.05) is 6.07 Å². The number of hydrogen-bond donors (Lipinski definition) is 1. The summed E-state index contributed by atoms with van der Waals surface area (Å²) in [5.41, 5.74) is 1.73. The van der Waals surface area contributed by atoms with E-state index < -0.39 is 0 Å². The number of aryl methyl sites for hydroxylation is 1. The minimum atomic E-state index is -0.375. The highest BCUT2D eigenvalue weighted by Gasteiger charge is 2.16. The molecule has 0 unspecified atom stereocenters. The molecule has 0 radical (unpaired) electrons. The molecule has 1 atom stereocenters. The zero-order valence-corrected chi connectivity index (χ0v) is 11.3. The molecule has 0 aliphatic carbocycles. The fourth-order valence-corrected chi connectivity index (χ4v) is 1.79. The van der Waals surface area contributed by atoms with Crippen LogP contribution in [0, 0.1) is 6.92 Å². The van der Waals surface area contributed by atoms with Crippen molar-refractivity contribution in [1.29, 1.82) is 0 Å². The van der Waals surface area contributed by atoms with Crippen LogP contribution in [0.2, 0.25) is 0 Å². The molecule has 1 aromatic carbocycles. The Morgan fingerprint density at radius 1 is 1.47 bits per heavy atom. The predicted molar refractivity (Wildman–Crippen MR) is 73.3 cm³/mol. The highest BCUT2D eigenvalue weighted by atomic mass is 16.5. The maximum absolute atomic E-state index is 12.2. The summed E-state index contributed by atoms with van der Waals surface area (Å²) >= 11 is 0. The van der Waals surface area contributed by atoms with Crippen molar-refractivity contribution in [2.45, 2.75) is 19.9 Å². The van der Waals surface area contributed by atoms with E-state index in [9.17, 15) is 4.79 Å². The zero-order chi connectivity index (χ0) is 13.8. The Bertz CT molecular complexity index is 564. The SMILES string of the molecule is COc1ccc(C)cc1NC(=O)[C@@H](C)n1cccn1. The Hall–Kier alpha value is -2.30. The first-order chi connectivity index (χ1) is 9.11. The van der Waals surface area contributed by atoms with Crippen LogP contribution in [0.4, 0.5) is 5.69 Å². The Morgan fingerprint density at radius 3 is 2.89 bits per heavy atom. The van der Waals surface area contributed by atoms with Crippen LogP contribution in [0.5, 0.6) is 5.75 Å². The zero-order valence-electron chi connectivity index (χ0n) is 11.3. The molecule has 100 valence electrons. The predicted octanol–water partition coefficient (Wildman–Crippen LogP) is 2.40. The van der Waals surface area contributed by atoms with Gasteiger partial charge in [0.1, 0.15) is 11.8 Å². The monoisotopic (exact) mass is 259 g/mol. The Labute approximate surface area is 112 Å². The summed E-state index contributed by atoms with van der Waals surface area (Å²) < 4.78 is 6.84. The molecule has 5 heteroatoms. The van der Waals surface area contributed by atoms with Crippen LogP contribution in [0.3, 0.4) is 0 Å². The molecule has 1 heterocycles. The smallest absolute Gasteiger partial charge is 0.249 e. The molecular weight excluding hydrogens is 242 g/mol. The second-order valence-corrected chi connectivity index (χ2v) is 4.36. The van der Waals surface area contributed by atoms with E-state index >= 15 is 0 Å². The Morgan fingerprint density at radius 2 is 2.26 bits per heavy atom. The van der Waals surface area contributed by atoms with Crippen LogP contribution < -0.4 is 10.1 Å². The molecule has 0 bridgehead atoms. The van der Waals surface area contributed by atoms with Crippen molar-refractivity contribution in [3.8, 4) is 5.75 Å². The Balaban J connectivity index is 2.17. The van der Waals surface area contributed by atoms with Gasteiger partial charge in [0.2, 0.25) is 5.91 Å². The van der Waals surface area contributed by atoms with Crippen molar-refractivity contribution in [3.05, 3.63) is 42.2 Å². The number of rotatable bonds is 4. The fourth-order valence-electron chi connectivity index (χ4n) is 1.79. The third-order valence-corrected chi connectivity index (χ3v) is 2.91. The number of hydrogen-bond acceptors (Lipinski definition) is 3. The molecule has 1 N–H and O–H groups in total. The molecular formula is C14H17N3O2. The topological polar surface area (TPSA) is 56.1 Å². The lowest BCUT2D eigenvalue weighted by Crippen LogP contribution is -2.24. The second kappa shape index (κ2) is 5.56. The molecule has 2 rings (SSSR count). The van der Waals surface area contributed by atoms with Gasteiger partial charge in [-0.15, -0.1) is 0 Å². The average molecular weight is 259 g/mol. The summed E-state index contributed by atoms with van der Waals surface area (Å²) in [4.78, 5) is 12.2. The van der Waals surface area contributed by atoms with Crippen molar-refractivity contribution in [2.24, 2.45) is 0 Å². The van der Waals surface area contributed by atoms with Gasteiger partial charge in [0.25, 0.3) is 0 Å². The highest BCUT2D eigenvalue weighted by molar-refractivity contribution is 5.94. The average Bonchev–Trinajstić information content (AvgIpc) is 2.92. The van der Waals surface area contributed by atoms with Crippen LogP contribution in [0.15, 0.2) is 36.7 Å². The third kappa shape index (κ3) is 2.93. The summed E-state index contributed by atoms with van der Waals surface area (Å²) in [5.74, 6) is 0.513. The number of methoxy groups -OCH3 is 1. The summed E-state index contributed by atoms with van der Waals surface area (Å²) in [6, 6.07) is 7.07. The Kier molecular flexibility index (Phi) is 3.85. The number of carbonyl (C=O) groups excluding carboxylic acids is 1. The van der Waals surface area contributed by atoms with Crippen molar-refractivity contribution in [1.82, 2.24) is 9.78 Å². The van der Waals surface area contributed by atoms with Crippen molar-refractivity contribution in [2.75, 3.05) is 12.4 Å². The summed E-state index contributed by atoms with van der Waals surface area (Å²) in [5, 5.41) is 6.93. The molecule has 0 saturated heterocycles. The third-order valence-electron chi connectivity index (χ3n) is 2.91. The second-order valence-electron chi connectivity index (χ2n) is 4.36. The first-order valence-electron chi connectivity index (χ1n) is 6.06. The van der Waals surface area contributed by atoms with Gasteiger partial charge < -0.3 is 10.1 Å². The van der Waals surface area contributed by atoms with Gasteiger partial charge in [-0.2, -0.15) is 5.10 Å². The number of nitrogens with one attached hydrogen (secondary N) is 1. The van der Waals surface area contributed by atoms with E-state index in [-0.39, 0.29) is 11.9 Å². The normalized spacial score (nSPS) is 11.9. The molecule has 2 aromatic rings. The number of nitrogens with zero attached hydrogens (tertiary/aromatic N) is 2. The van der Waals surface area contributed by atoms with Gasteiger partial charge in [-0.05, 0) is 37.6 Å². The summed E-state index contributed by atoms with van der Waals surface area (Å²) in [6.07, 6.45) is 3.41. The maximum Gasteiger partial charge on any atom is 0.249 e. The van der Waals surface area contributed by atoms with Crippen molar-refractivity contribution < 1.29 is 9.53 Å². The van der Waals surface area contributed by atoms with Gasteiger partial charge in [0.05, 0.1) is 12.8 Å². The fraction of sp³-hybridized carbons (Fsp3) is 0.286. The van der Waals surface area contributed by atoms with E-state index in [1.165, 1.54) is 0 Å². The van der Waals surface area contributed by atoms with Gasteiger partial charge in [-0.25, -0.2) is 0 Å². The number of amides is 1. The standard InChI is InChI=1S/C14H17N3O2/c1-10-5-6-13(19-3)12(9-10)16-14(18)11(2)17-8-4-7-15-17/h4-9,11H,1-3H3,(H,16,18)/t11-/m1/s1. The first kappa shape index (κ1) is 13.1. The van der Waals surface area contributed by atoms with E-state index in [0.29, 0.717) is 11.4 Å². The molecule has 1 amide bonds. The molecule has 0 aliphatic heterocycles. The van der Waals surface area contributed by atoms with Crippen molar-refractivity contribution in [3.63, 3.8) is 0 Å². The van der Waals surface area contributed by atoms with E-state index in [1.807, 2.05) is 25.1 Å². The number of aromatic nitrogens is 2. The van der Waals surface area contributed by atoms with E-state index in [0.717, 1.165) is 5.56 Å². The lowest BCUT2D eigenvalue weighted by atomic mass is 10.2. The van der Waals surface area contributed by atoms with E-state index in [2.05, 4.69) is 10.4 Å². The van der Waals surface area contributed by atoms with Crippen LogP contribution in [0.1, 0.15) is 18.5 Å². The molecule has 0 fully saturated rings. The molecule has 0 spiro atoms. The summed E-state index contributed by atoms with van der Waals surface area (Å²) in [6.45, 7) is 3.76. The van der Waals surface area contributed by atoms with Crippen molar-refractivity contribution >= 4 is 11.6 Å². The summed E-state index contributed by atoms with van der Waals surface area (Å²) in [7, 11) is 1.58. The van der Waals surface area contributed by atoms with Crippen LogP contribution in [-0.2, 0) is 4.79 Å². The molecule has 19 heavy (non-hydrogen) atoms. The van der Waals surface area contributed by atoms with Gasteiger partial charge in [-0.3, -0.25) is 9.48 Å². The van der Waals surface area contributed by atoms with Crippen LogP contribution in [-0.4, -0.2) is 22.8 Å². The van der Waals surface area contributed by atoms with Gasteiger partial charge in [0.15, 0.2) is 0 Å². The van der Waals surface area contributed by atoms with Crippen LogP contribution >= 0.6 is 0 Å². The highest BCUT2D eigenvalue weighted by Crippen LogP contribution is 2.25. The molecule has 0 aliphatic rings. The number of anilines is 1. The molecule has 5 nitrogen and oxygen atoms in total. The molecule has 1 aromatic heterocycles. The molecule has 0 saturated carbocycles. The van der Waals surface area contributed by atoms with E-state index in [1.54, 1.807) is 37.2 Å². The minimum Gasteiger partial charge on any atom is -0.495 e. The number of carbonyl (C=O) groups is 1. The van der Waals surface area contributed by atoms with Gasteiger partial charge in [0, 0.05) is 12.4 Å². The van der Waals surface area contributed by atoms with E-state index in [4.69, 9.17) is 4.74 Å².